The third-order valence-electron chi connectivity index (χ3n) is 8.25. The van der Waals surface area contributed by atoms with Gasteiger partial charge in [-0.2, -0.15) is 0 Å². The number of amides is 2. The Morgan fingerprint density at radius 1 is 0.829 bits per heavy atom. The second-order valence-electron chi connectivity index (χ2n) is 11.0. The summed E-state index contributed by atoms with van der Waals surface area (Å²) in [6.45, 7) is 6.01. The highest BCUT2D eigenvalue weighted by atomic mass is 16.2. The molecule has 214 valence electrons. The second kappa shape index (κ2) is 12.7. The predicted octanol–water partition coefficient (Wildman–Crippen LogP) is 3.23. The number of carbonyl (C=O) groups excluding carboxylic acids is 2. The maximum atomic E-state index is 12.9. The predicted molar refractivity (Wildman–Crippen MR) is 161 cm³/mol. The average Bonchev–Trinajstić information content (AvgIpc) is 3.58. The fourth-order valence-corrected chi connectivity index (χ4v) is 5.84. The molecular weight excluding hydrogens is 516 g/mol. The lowest BCUT2D eigenvalue weighted by atomic mass is 9.96. The summed E-state index contributed by atoms with van der Waals surface area (Å²) in [5.41, 5.74) is 4.57. The molecule has 3 aliphatic heterocycles. The molecule has 1 atom stereocenters. The molecule has 4 heterocycles. The Morgan fingerprint density at radius 2 is 1.56 bits per heavy atom. The van der Waals surface area contributed by atoms with Crippen molar-refractivity contribution < 1.29 is 9.59 Å². The van der Waals surface area contributed by atoms with Crippen LogP contribution >= 0.6 is 0 Å². The largest absolute Gasteiger partial charge is 0.368 e. The highest BCUT2D eigenvalue weighted by Gasteiger charge is 2.28. The van der Waals surface area contributed by atoms with Crippen molar-refractivity contribution in [2.24, 2.45) is 5.92 Å². The van der Waals surface area contributed by atoms with Crippen LogP contribution in [0.5, 0.6) is 0 Å². The maximum absolute atomic E-state index is 12.9. The summed E-state index contributed by atoms with van der Waals surface area (Å²) >= 11 is 0. The third kappa shape index (κ3) is 6.66. The van der Waals surface area contributed by atoms with Crippen LogP contribution in [0, 0.1) is 5.92 Å². The van der Waals surface area contributed by atoms with Crippen LogP contribution in [0.25, 0.3) is 11.3 Å². The van der Waals surface area contributed by atoms with Crippen LogP contribution in [-0.4, -0.2) is 78.5 Å². The van der Waals surface area contributed by atoms with Gasteiger partial charge < -0.3 is 31.1 Å². The third-order valence-corrected chi connectivity index (χ3v) is 8.25. The quantitative estimate of drug-likeness (QED) is 0.352. The van der Waals surface area contributed by atoms with Crippen molar-refractivity contribution in [3.8, 4) is 11.3 Å². The number of nitrogens with one attached hydrogen (secondary N) is 4. The molecule has 0 saturated carbocycles. The molecule has 10 heteroatoms. The summed E-state index contributed by atoms with van der Waals surface area (Å²) in [4.78, 5) is 38.7. The topological polar surface area (TPSA) is 115 Å². The maximum Gasteiger partial charge on any atom is 0.241 e. The standard InChI is InChI=1S/C31H38N8O2/c40-29(28-2-1-14-33-28)35-24-5-3-22(4-6-24)27-13-17-34-31(37-27)36-25-7-9-26(10-8-25)38-18-20-39(21-19-38)30(41)23-11-15-32-16-12-23/h3-10,13,17,23,28,32-33H,1-2,11-12,14-16,18-21H2,(H,35,40)(H,34,36,37)/t28-/m0/s1. The highest BCUT2D eigenvalue weighted by molar-refractivity contribution is 5.95. The van der Waals surface area contributed by atoms with Crippen molar-refractivity contribution in [1.82, 2.24) is 25.5 Å². The summed E-state index contributed by atoms with van der Waals surface area (Å²) in [6.07, 6.45) is 5.55. The molecule has 0 radical (unpaired) electrons. The molecule has 3 fully saturated rings. The first-order valence-electron chi connectivity index (χ1n) is 14.7. The van der Waals surface area contributed by atoms with Gasteiger partial charge in [-0.05, 0) is 87.8 Å². The number of hydrogen-bond donors (Lipinski definition) is 4. The van der Waals surface area contributed by atoms with E-state index in [-0.39, 0.29) is 17.9 Å². The number of hydrogen-bond acceptors (Lipinski definition) is 8. The molecule has 0 spiro atoms. The van der Waals surface area contributed by atoms with Gasteiger partial charge in [0.1, 0.15) is 0 Å². The molecule has 2 aromatic carbocycles. The van der Waals surface area contributed by atoms with E-state index in [1.165, 1.54) is 0 Å². The molecule has 0 unspecified atom stereocenters. The number of nitrogens with zero attached hydrogens (tertiary/aromatic N) is 4. The zero-order valence-corrected chi connectivity index (χ0v) is 23.3. The lowest BCUT2D eigenvalue weighted by Crippen LogP contribution is -2.51. The zero-order valence-electron chi connectivity index (χ0n) is 23.3. The number of piperazine rings is 1. The summed E-state index contributed by atoms with van der Waals surface area (Å²) in [5, 5.41) is 12.9. The second-order valence-corrected chi connectivity index (χ2v) is 11.0. The van der Waals surface area contributed by atoms with Gasteiger partial charge in [0.05, 0.1) is 11.7 Å². The number of benzene rings is 2. The lowest BCUT2D eigenvalue weighted by Gasteiger charge is -2.38. The van der Waals surface area contributed by atoms with E-state index < -0.39 is 0 Å². The number of aromatic nitrogens is 2. The molecule has 10 nitrogen and oxygen atoms in total. The minimum Gasteiger partial charge on any atom is -0.368 e. The van der Waals surface area contributed by atoms with Crippen LogP contribution in [-0.2, 0) is 9.59 Å². The smallest absolute Gasteiger partial charge is 0.241 e. The van der Waals surface area contributed by atoms with Crippen molar-refractivity contribution >= 4 is 34.8 Å². The van der Waals surface area contributed by atoms with Gasteiger partial charge in [0.2, 0.25) is 17.8 Å². The molecular formula is C31H38N8O2. The van der Waals surface area contributed by atoms with Crippen molar-refractivity contribution in [2.75, 3.05) is 61.3 Å². The fourth-order valence-electron chi connectivity index (χ4n) is 5.84. The van der Waals surface area contributed by atoms with E-state index in [0.29, 0.717) is 11.9 Å². The normalized spacial score (nSPS) is 19.7. The number of anilines is 4. The van der Waals surface area contributed by atoms with Crippen LogP contribution < -0.4 is 26.2 Å². The van der Waals surface area contributed by atoms with Crippen LogP contribution in [0.1, 0.15) is 25.7 Å². The van der Waals surface area contributed by atoms with Gasteiger partial charge in [-0.15, -0.1) is 0 Å². The van der Waals surface area contributed by atoms with Crippen molar-refractivity contribution in [1.29, 1.82) is 0 Å². The molecule has 3 aliphatic rings. The Labute approximate surface area is 240 Å². The van der Waals surface area contributed by atoms with Gasteiger partial charge >= 0.3 is 0 Å². The molecule has 6 rings (SSSR count). The van der Waals surface area contributed by atoms with Gasteiger partial charge in [-0.25, -0.2) is 9.97 Å². The summed E-state index contributed by atoms with van der Waals surface area (Å²) in [6, 6.07) is 17.8. The minimum absolute atomic E-state index is 0.0137. The first-order chi connectivity index (χ1) is 20.1. The Morgan fingerprint density at radius 3 is 2.27 bits per heavy atom. The summed E-state index contributed by atoms with van der Waals surface area (Å²) in [5.74, 6) is 1.04. The minimum atomic E-state index is -0.107. The van der Waals surface area contributed by atoms with E-state index in [0.717, 1.165) is 99.8 Å². The Bertz CT molecular complexity index is 1330. The number of piperidine rings is 1. The number of carbonyl (C=O) groups is 2. The van der Waals surface area contributed by atoms with E-state index in [9.17, 15) is 9.59 Å². The van der Waals surface area contributed by atoms with Gasteiger partial charge in [0, 0.05) is 60.9 Å². The van der Waals surface area contributed by atoms with E-state index in [1.54, 1.807) is 6.20 Å². The molecule has 4 N–H and O–H groups in total. The molecule has 3 aromatic rings. The SMILES string of the molecule is O=C(Nc1ccc(-c2ccnc(Nc3ccc(N4CCN(C(=O)C5CCNCC5)CC4)cc3)n2)cc1)[C@@H]1CCCN1. The van der Waals surface area contributed by atoms with E-state index in [4.69, 9.17) is 4.98 Å². The van der Waals surface area contributed by atoms with Crippen LogP contribution in [0.2, 0.25) is 0 Å². The molecule has 0 aliphatic carbocycles. The van der Waals surface area contributed by atoms with Crippen LogP contribution in [0.15, 0.2) is 60.8 Å². The van der Waals surface area contributed by atoms with Gasteiger partial charge in [0.15, 0.2) is 0 Å². The molecule has 0 bridgehead atoms. The Kier molecular flexibility index (Phi) is 8.39. The van der Waals surface area contributed by atoms with Gasteiger partial charge in [-0.3, -0.25) is 9.59 Å². The van der Waals surface area contributed by atoms with Crippen molar-refractivity contribution in [3.63, 3.8) is 0 Å². The highest BCUT2D eigenvalue weighted by Crippen LogP contribution is 2.25. The zero-order chi connectivity index (χ0) is 28.0. The van der Waals surface area contributed by atoms with Crippen LogP contribution in [0.3, 0.4) is 0 Å². The molecule has 41 heavy (non-hydrogen) atoms. The van der Waals surface area contributed by atoms with Gasteiger partial charge in [-0.1, -0.05) is 12.1 Å². The number of rotatable bonds is 7. The van der Waals surface area contributed by atoms with Gasteiger partial charge in [0.25, 0.3) is 0 Å². The van der Waals surface area contributed by atoms with Crippen molar-refractivity contribution in [2.45, 2.75) is 31.7 Å². The molecule has 1 aromatic heterocycles. The molecule has 3 saturated heterocycles. The Hall–Kier alpha value is -4.02. The van der Waals surface area contributed by atoms with E-state index in [1.807, 2.05) is 47.4 Å². The monoisotopic (exact) mass is 554 g/mol. The van der Waals surface area contributed by atoms with Crippen molar-refractivity contribution in [3.05, 3.63) is 60.8 Å². The first kappa shape index (κ1) is 27.2. The lowest BCUT2D eigenvalue weighted by molar-refractivity contribution is -0.136. The summed E-state index contributed by atoms with van der Waals surface area (Å²) < 4.78 is 0. The Balaban J connectivity index is 1.02. The summed E-state index contributed by atoms with van der Waals surface area (Å²) in [7, 11) is 0. The van der Waals surface area contributed by atoms with Crippen LogP contribution in [0.4, 0.5) is 23.0 Å². The average molecular weight is 555 g/mol. The van der Waals surface area contributed by atoms with E-state index in [2.05, 4.69) is 43.3 Å². The van der Waals surface area contributed by atoms with E-state index >= 15 is 0 Å². The molecule has 2 amide bonds. The fraction of sp³-hybridized carbons (Fsp3) is 0.419. The first-order valence-corrected chi connectivity index (χ1v) is 14.7.